The van der Waals surface area contributed by atoms with Crippen LogP contribution in [0.2, 0.25) is 0 Å². The fourth-order valence-corrected chi connectivity index (χ4v) is 1.86. The van der Waals surface area contributed by atoms with Gasteiger partial charge in [0.05, 0.1) is 12.3 Å². The second-order valence-corrected chi connectivity index (χ2v) is 3.74. The summed E-state index contributed by atoms with van der Waals surface area (Å²) in [6, 6.07) is 9.39. The Balaban J connectivity index is 2.28. The van der Waals surface area contributed by atoms with Crippen LogP contribution in [0, 0.1) is 5.92 Å². The summed E-state index contributed by atoms with van der Waals surface area (Å²) in [6.45, 7) is 1.50. The number of ketones is 1. The molecule has 3 heteroatoms. The Morgan fingerprint density at radius 1 is 1.33 bits per heavy atom. The fraction of sp³-hybridized carbons (Fsp3) is 0.333. The summed E-state index contributed by atoms with van der Waals surface area (Å²) >= 11 is 0. The molecule has 2 atom stereocenters. The van der Waals surface area contributed by atoms with E-state index in [0.717, 1.165) is 5.56 Å². The van der Waals surface area contributed by atoms with Crippen LogP contribution in [0.4, 0.5) is 0 Å². The first-order valence-corrected chi connectivity index (χ1v) is 4.93. The van der Waals surface area contributed by atoms with Crippen LogP contribution < -0.4 is 0 Å². The van der Waals surface area contributed by atoms with Crippen LogP contribution in [-0.4, -0.2) is 11.8 Å². The molecule has 1 fully saturated rings. The van der Waals surface area contributed by atoms with Gasteiger partial charge < -0.3 is 4.74 Å². The highest BCUT2D eigenvalue weighted by Crippen LogP contribution is 2.35. The second kappa shape index (κ2) is 3.85. The highest BCUT2D eigenvalue weighted by molar-refractivity contribution is 5.86. The molecule has 1 aromatic carbocycles. The van der Waals surface area contributed by atoms with Crippen LogP contribution >= 0.6 is 0 Å². The van der Waals surface area contributed by atoms with Crippen molar-refractivity contribution >= 4 is 11.8 Å². The first-order chi connectivity index (χ1) is 7.18. The standard InChI is InChI=1S/C12H12O3/c1-8(13)10-7-11(14)15-12(10)9-5-3-2-4-6-9/h2-6,10,12H,7H2,1H3/t10-,12+/m1/s1. The van der Waals surface area contributed by atoms with Crippen molar-refractivity contribution in [3.05, 3.63) is 35.9 Å². The summed E-state index contributed by atoms with van der Waals surface area (Å²) in [5.41, 5.74) is 0.892. The van der Waals surface area contributed by atoms with Crippen molar-refractivity contribution in [2.24, 2.45) is 5.92 Å². The SMILES string of the molecule is CC(=O)[C@H]1CC(=O)O[C@H]1c1ccccc1. The lowest BCUT2D eigenvalue weighted by Gasteiger charge is -2.14. The van der Waals surface area contributed by atoms with Gasteiger partial charge in [0.15, 0.2) is 0 Å². The molecule has 78 valence electrons. The maximum atomic E-state index is 11.3. The minimum atomic E-state index is -0.392. The third-order valence-electron chi connectivity index (χ3n) is 2.66. The number of esters is 1. The molecule has 1 aliphatic rings. The van der Waals surface area contributed by atoms with Gasteiger partial charge in [-0.3, -0.25) is 9.59 Å². The zero-order valence-corrected chi connectivity index (χ0v) is 8.47. The summed E-state index contributed by atoms with van der Waals surface area (Å²) in [5, 5.41) is 0. The number of cyclic esters (lactones) is 1. The Morgan fingerprint density at radius 3 is 2.60 bits per heavy atom. The molecule has 2 rings (SSSR count). The lowest BCUT2D eigenvalue weighted by molar-refractivity contribution is -0.141. The molecular formula is C12H12O3. The summed E-state index contributed by atoms with van der Waals surface area (Å²) < 4.78 is 5.16. The Morgan fingerprint density at radius 2 is 2.00 bits per heavy atom. The molecule has 0 N–H and O–H groups in total. The second-order valence-electron chi connectivity index (χ2n) is 3.74. The van der Waals surface area contributed by atoms with E-state index >= 15 is 0 Å². The maximum absolute atomic E-state index is 11.3. The van der Waals surface area contributed by atoms with Gasteiger partial charge in [0.1, 0.15) is 11.9 Å². The lowest BCUT2D eigenvalue weighted by atomic mass is 9.92. The lowest BCUT2D eigenvalue weighted by Crippen LogP contribution is -2.15. The summed E-state index contributed by atoms with van der Waals surface area (Å²) in [4.78, 5) is 22.5. The largest absolute Gasteiger partial charge is 0.457 e. The van der Waals surface area contributed by atoms with Crippen molar-refractivity contribution in [1.29, 1.82) is 0 Å². The van der Waals surface area contributed by atoms with Gasteiger partial charge in [-0.2, -0.15) is 0 Å². The van der Waals surface area contributed by atoms with Gasteiger partial charge in [-0.15, -0.1) is 0 Å². The Labute approximate surface area is 88.1 Å². The summed E-state index contributed by atoms with van der Waals surface area (Å²) in [7, 11) is 0. The molecule has 0 aliphatic carbocycles. The molecule has 1 saturated heterocycles. The van der Waals surface area contributed by atoms with Crippen LogP contribution in [0.5, 0.6) is 0 Å². The van der Waals surface area contributed by atoms with E-state index in [1.54, 1.807) is 0 Å². The number of hydrogen-bond acceptors (Lipinski definition) is 3. The molecular weight excluding hydrogens is 192 g/mol. The number of benzene rings is 1. The molecule has 0 amide bonds. The van der Waals surface area contributed by atoms with Crippen molar-refractivity contribution in [3.63, 3.8) is 0 Å². The Kier molecular flexibility index (Phi) is 2.54. The van der Waals surface area contributed by atoms with E-state index in [0.29, 0.717) is 0 Å². The molecule has 3 nitrogen and oxygen atoms in total. The Bertz CT molecular complexity index is 383. The molecule has 0 unspecified atom stereocenters. The van der Waals surface area contributed by atoms with Crippen LogP contribution in [-0.2, 0) is 14.3 Å². The average molecular weight is 204 g/mol. The van der Waals surface area contributed by atoms with E-state index in [4.69, 9.17) is 4.74 Å². The Hall–Kier alpha value is -1.64. The van der Waals surface area contributed by atoms with Crippen LogP contribution in [0.25, 0.3) is 0 Å². The van der Waals surface area contributed by atoms with Crippen molar-refractivity contribution in [2.75, 3.05) is 0 Å². The van der Waals surface area contributed by atoms with Crippen LogP contribution in [0.3, 0.4) is 0 Å². The quantitative estimate of drug-likeness (QED) is 0.691. The molecule has 1 aliphatic heterocycles. The number of carbonyl (C=O) groups excluding carboxylic acids is 2. The van der Waals surface area contributed by atoms with Crippen LogP contribution in [0.1, 0.15) is 25.0 Å². The summed E-state index contributed by atoms with van der Waals surface area (Å²) in [6.07, 6.45) is -0.189. The number of carbonyl (C=O) groups is 2. The molecule has 0 saturated carbocycles. The monoisotopic (exact) mass is 204 g/mol. The normalized spacial score (nSPS) is 25.0. The third-order valence-corrected chi connectivity index (χ3v) is 2.66. The zero-order chi connectivity index (χ0) is 10.8. The molecule has 15 heavy (non-hydrogen) atoms. The van der Waals surface area contributed by atoms with E-state index in [-0.39, 0.29) is 24.1 Å². The molecule has 1 heterocycles. The molecule has 0 aromatic heterocycles. The van der Waals surface area contributed by atoms with Crippen LogP contribution in [0.15, 0.2) is 30.3 Å². The fourth-order valence-electron chi connectivity index (χ4n) is 1.86. The minimum Gasteiger partial charge on any atom is -0.457 e. The molecule has 0 spiro atoms. The molecule has 0 bridgehead atoms. The average Bonchev–Trinajstić information content (AvgIpc) is 2.62. The highest BCUT2D eigenvalue weighted by Gasteiger charge is 2.38. The number of rotatable bonds is 2. The number of hydrogen-bond donors (Lipinski definition) is 0. The minimum absolute atomic E-state index is 0.00898. The topological polar surface area (TPSA) is 43.4 Å². The van der Waals surface area contributed by atoms with Gasteiger partial charge in [0.2, 0.25) is 0 Å². The first kappa shape index (κ1) is 9.90. The smallest absolute Gasteiger partial charge is 0.307 e. The highest BCUT2D eigenvalue weighted by atomic mass is 16.6. The maximum Gasteiger partial charge on any atom is 0.307 e. The van der Waals surface area contributed by atoms with E-state index < -0.39 is 6.10 Å². The van der Waals surface area contributed by atoms with Gasteiger partial charge >= 0.3 is 5.97 Å². The van der Waals surface area contributed by atoms with E-state index in [1.165, 1.54) is 6.92 Å². The van der Waals surface area contributed by atoms with E-state index in [2.05, 4.69) is 0 Å². The predicted molar refractivity (Wildman–Crippen MR) is 54.1 cm³/mol. The number of Topliss-reactive ketones (excluding diaryl/α,β-unsaturated/α-hetero) is 1. The van der Waals surface area contributed by atoms with Crippen molar-refractivity contribution < 1.29 is 14.3 Å². The van der Waals surface area contributed by atoms with Crippen molar-refractivity contribution in [3.8, 4) is 0 Å². The van der Waals surface area contributed by atoms with Gasteiger partial charge in [-0.25, -0.2) is 0 Å². The van der Waals surface area contributed by atoms with Crippen molar-refractivity contribution in [1.82, 2.24) is 0 Å². The predicted octanol–water partition coefficient (Wildman–Crippen LogP) is 1.88. The molecule has 1 aromatic rings. The zero-order valence-electron chi connectivity index (χ0n) is 8.47. The third kappa shape index (κ3) is 1.91. The summed E-state index contributed by atoms with van der Waals surface area (Å²) in [5.74, 6) is -0.598. The van der Waals surface area contributed by atoms with Gasteiger partial charge in [0.25, 0.3) is 0 Å². The van der Waals surface area contributed by atoms with Crippen molar-refractivity contribution in [2.45, 2.75) is 19.4 Å². The molecule has 0 radical (unpaired) electrons. The van der Waals surface area contributed by atoms with E-state index in [9.17, 15) is 9.59 Å². The van der Waals surface area contributed by atoms with E-state index in [1.807, 2.05) is 30.3 Å². The van der Waals surface area contributed by atoms with Gasteiger partial charge in [0, 0.05) is 0 Å². The first-order valence-electron chi connectivity index (χ1n) is 4.93. The van der Waals surface area contributed by atoms with Gasteiger partial charge in [-0.05, 0) is 12.5 Å². The van der Waals surface area contributed by atoms with Gasteiger partial charge in [-0.1, -0.05) is 30.3 Å². The number of ether oxygens (including phenoxy) is 1.